The first-order valence-corrected chi connectivity index (χ1v) is 6.44. The lowest BCUT2D eigenvalue weighted by Gasteiger charge is -2.19. The molecule has 0 heterocycles. The fraction of sp³-hybridized carbons (Fsp3) is 0.917. The highest BCUT2D eigenvalue weighted by atomic mass is 16.5. The maximum Gasteiger partial charge on any atom is 0.191 e. The molecule has 0 bridgehead atoms. The quantitative estimate of drug-likeness (QED) is 0.353. The van der Waals surface area contributed by atoms with E-state index >= 15 is 0 Å². The Labute approximate surface area is 106 Å². The van der Waals surface area contributed by atoms with Crippen LogP contribution in [-0.2, 0) is 4.74 Å². The second-order valence-corrected chi connectivity index (χ2v) is 3.80. The van der Waals surface area contributed by atoms with Crippen molar-refractivity contribution in [2.24, 2.45) is 4.99 Å². The Morgan fingerprint density at radius 3 is 2.35 bits per heavy atom. The minimum absolute atomic E-state index is 0.781. The molecule has 0 aliphatic rings. The highest BCUT2D eigenvalue weighted by Crippen LogP contribution is 1.84. The summed E-state index contributed by atoms with van der Waals surface area (Å²) in [6.45, 7) is 10.2. The molecule has 0 aliphatic heterocycles. The van der Waals surface area contributed by atoms with Gasteiger partial charge in [-0.15, -0.1) is 0 Å². The Morgan fingerprint density at radius 2 is 1.82 bits per heavy atom. The predicted molar refractivity (Wildman–Crippen MR) is 73.6 cm³/mol. The molecule has 0 saturated heterocycles. The lowest BCUT2D eigenvalue weighted by Crippen LogP contribution is -2.42. The van der Waals surface area contributed by atoms with Crippen LogP contribution in [0.15, 0.2) is 4.99 Å². The number of guanidine groups is 1. The number of likely N-dealkylation sites (N-methyl/N-ethyl adjacent to an activating group) is 1. The van der Waals surface area contributed by atoms with Crippen molar-refractivity contribution in [1.29, 1.82) is 0 Å². The van der Waals surface area contributed by atoms with E-state index in [2.05, 4.69) is 34.4 Å². The maximum absolute atomic E-state index is 4.99. The van der Waals surface area contributed by atoms with Gasteiger partial charge < -0.3 is 20.3 Å². The van der Waals surface area contributed by atoms with E-state index in [0.29, 0.717) is 0 Å². The van der Waals surface area contributed by atoms with E-state index in [-0.39, 0.29) is 0 Å². The number of aliphatic imine (C=N–C) groups is 1. The van der Waals surface area contributed by atoms with Gasteiger partial charge in [0.25, 0.3) is 0 Å². The highest BCUT2D eigenvalue weighted by molar-refractivity contribution is 5.79. The van der Waals surface area contributed by atoms with Gasteiger partial charge >= 0.3 is 0 Å². The summed E-state index contributed by atoms with van der Waals surface area (Å²) >= 11 is 0. The molecule has 5 nitrogen and oxygen atoms in total. The molecular formula is C12H28N4O. The lowest BCUT2D eigenvalue weighted by atomic mass is 10.4. The third-order valence-electron chi connectivity index (χ3n) is 2.66. The average molecular weight is 244 g/mol. The van der Waals surface area contributed by atoms with Gasteiger partial charge in [-0.05, 0) is 19.5 Å². The monoisotopic (exact) mass is 244 g/mol. The number of hydrogen-bond acceptors (Lipinski definition) is 3. The second kappa shape index (κ2) is 11.7. The minimum Gasteiger partial charge on any atom is -0.385 e. The summed E-state index contributed by atoms with van der Waals surface area (Å²) in [5, 5.41) is 6.56. The first-order chi connectivity index (χ1) is 8.28. The van der Waals surface area contributed by atoms with E-state index in [0.717, 1.165) is 51.7 Å². The molecule has 2 N–H and O–H groups in total. The van der Waals surface area contributed by atoms with Crippen molar-refractivity contribution >= 4 is 5.96 Å². The molecule has 0 aromatic carbocycles. The topological polar surface area (TPSA) is 48.9 Å². The van der Waals surface area contributed by atoms with E-state index in [1.165, 1.54) is 0 Å². The van der Waals surface area contributed by atoms with Gasteiger partial charge in [0.2, 0.25) is 0 Å². The van der Waals surface area contributed by atoms with Crippen molar-refractivity contribution in [2.75, 3.05) is 53.5 Å². The van der Waals surface area contributed by atoms with Gasteiger partial charge in [0.1, 0.15) is 0 Å². The molecule has 102 valence electrons. The molecule has 0 aromatic rings. The number of nitrogens with zero attached hydrogens (tertiary/aromatic N) is 2. The fourth-order valence-electron chi connectivity index (χ4n) is 1.52. The maximum atomic E-state index is 4.99. The molecule has 17 heavy (non-hydrogen) atoms. The summed E-state index contributed by atoms with van der Waals surface area (Å²) in [5.41, 5.74) is 0. The molecule has 0 fully saturated rings. The molecular weight excluding hydrogens is 216 g/mol. The van der Waals surface area contributed by atoms with E-state index in [4.69, 9.17) is 4.74 Å². The fourth-order valence-corrected chi connectivity index (χ4v) is 1.52. The number of hydrogen-bond donors (Lipinski definition) is 2. The molecule has 0 radical (unpaired) electrons. The SMILES string of the molecule is CCN(CC)CCNC(=NC)NCCCOC. The van der Waals surface area contributed by atoms with E-state index < -0.39 is 0 Å². The summed E-state index contributed by atoms with van der Waals surface area (Å²) in [7, 11) is 3.51. The lowest BCUT2D eigenvalue weighted by molar-refractivity contribution is 0.195. The molecule has 0 amide bonds. The molecule has 0 saturated carbocycles. The van der Waals surface area contributed by atoms with Gasteiger partial charge in [-0.25, -0.2) is 0 Å². The van der Waals surface area contributed by atoms with Crippen molar-refractivity contribution in [3.05, 3.63) is 0 Å². The summed E-state index contributed by atoms with van der Waals surface area (Å²) in [6, 6.07) is 0. The number of nitrogens with one attached hydrogen (secondary N) is 2. The number of methoxy groups -OCH3 is 1. The zero-order valence-corrected chi connectivity index (χ0v) is 11.8. The first-order valence-electron chi connectivity index (χ1n) is 6.44. The summed E-state index contributed by atoms with van der Waals surface area (Å²) in [5.74, 6) is 0.869. The third kappa shape index (κ3) is 8.94. The van der Waals surface area contributed by atoms with Crippen LogP contribution in [0.4, 0.5) is 0 Å². The van der Waals surface area contributed by atoms with Gasteiger partial charge in [0, 0.05) is 40.4 Å². The molecule has 0 unspecified atom stereocenters. The van der Waals surface area contributed by atoms with Crippen LogP contribution in [-0.4, -0.2) is 64.3 Å². The second-order valence-electron chi connectivity index (χ2n) is 3.80. The van der Waals surface area contributed by atoms with Crippen LogP contribution in [0.3, 0.4) is 0 Å². The van der Waals surface area contributed by atoms with Crippen molar-refractivity contribution in [1.82, 2.24) is 15.5 Å². The summed E-state index contributed by atoms with van der Waals surface area (Å²) < 4.78 is 4.99. The Bertz CT molecular complexity index is 193. The van der Waals surface area contributed by atoms with Gasteiger partial charge in [-0.1, -0.05) is 13.8 Å². The Morgan fingerprint density at radius 1 is 1.18 bits per heavy atom. The zero-order valence-electron chi connectivity index (χ0n) is 11.8. The molecule has 0 atom stereocenters. The predicted octanol–water partition coefficient (Wildman–Crippen LogP) is 0.530. The summed E-state index contributed by atoms with van der Waals surface area (Å²) in [4.78, 5) is 6.55. The largest absolute Gasteiger partial charge is 0.385 e. The number of rotatable bonds is 9. The number of ether oxygens (including phenoxy) is 1. The smallest absolute Gasteiger partial charge is 0.191 e. The van der Waals surface area contributed by atoms with Crippen LogP contribution < -0.4 is 10.6 Å². The normalized spacial score (nSPS) is 11.9. The van der Waals surface area contributed by atoms with Crippen molar-refractivity contribution in [3.8, 4) is 0 Å². The van der Waals surface area contributed by atoms with Crippen LogP contribution in [0.25, 0.3) is 0 Å². The van der Waals surface area contributed by atoms with Gasteiger partial charge in [-0.3, -0.25) is 4.99 Å². The van der Waals surface area contributed by atoms with E-state index in [1.54, 1.807) is 14.2 Å². The molecule has 0 rings (SSSR count). The minimum atomic E-state index is 0.781. The zero-order chi connectivity index (χ0) is 12.9. The standard InChI is InChI=1S/C12H28N4O/c1-5-16(6-2)10-9-15-12(13-3)14-8-7-11-17-4/h5-11H2,1-4H3,(H2,13,14,15). The van der Waals surface area contributed by atoms with E-state index in [9.17, 15) is 0 Å². The van der Waals surface area contributed by atoms with Crippen LogP contribution in [0.2, 0.25) is 0 Å². The van der Waals surface area contributed by atoms with Crippen LogP contribution in [0.1, 0.15) is 20.3 Å². The Kier molecular flexibility index (Phi) is 11.1. The van der Waals surface area contributed by atoms with Crippen molar-refractivity contribution in [3.63, 3.8) is 0 Å². The third-order valence-corrected chi connectivity index (χ3v) is 2.66. The van der Waals surface area contributed by atoms with Gasteiger partial charge in [0.05, 0.1) is 0 Å². The van der Waals surface area contributed by atoms with Crippen LogP contribution in [0.5, 0.6) is 0 Å². The first kappa shape index (κ1) is 16.2. The van der Waals surface area contributed by atoms with Crippen molar-refractivity contribution in [2.45, 2.75) is 20.3 Å². The van der Waals surface area contributed by atoms with Crippen LogP contribution >= 0.6 is 0 Å². The molecule has 5 heteroatoms. The Balaban J connectivity index is 3.61. The Hall–Kier alpha value is -0.810. The van der Waals surface area contributed by atoms with Gasteiger partial charge in [0.15, 0.2) is 5.96 Å². The van der Waals surface area contributed by atoms with Crippen LogP contribution in [0, 0.1) is 0 Å². The van der Waals surface area contributed by atoms with E-state index in [1.807, 2.05) is 0 Å². The molecule has 0 spiro atoms. The van der Waals surface area contributed by atoms with Gasteiger partial charge in [-0.2, -0.15) is 0 Å². The van der Waals surface area contributed by atoms with Crippen molar-refractivity contribution < 1.29 is 4.74 Å². The molecule has 0 aliphatic carbocycles. The molecule has 0 aromatic heterocycles. The summed E-state index contributed by atoms with van der Waals surface area (Å²) in [6.07, 6.45) is 0.993. The highest BCUT2D eigenvalue weighted by Gasteiger charge is 2.00. The average Bonchev–Trinajstić information content (AvgIpc) is 2.37.